The fraction of sp³-hybridized carbons (Fsp3) is 0.333. The molecule has 2 aromatic rings. The van der Waals surface area contributed by atoms with Crippen molar-refractivity contribution in [3.05, 3.63) is 34.6 Å². The second-order valence-electron chi connectivity index (χ2n) is 3.86. The molecular weight excluding hydrogens is 312 g/mol. The standard InChI is InChI=1S/C12H15BrN4S/c1-3-14-7-9-6-10(13)4-5-11(9)18-12-16-15-8-17(12)2/h4-6,8,14H,3,7H2,1-2H3. The number of nitrogens with zero attached hydrogens (tertiary/aromatic N) is 3. The van der Waals surface area contributed by atoms with Crippen LogP contribution in [0.5, 0.6) is 0 Å². The van der Waals surface area contributed by atoms with Crippen LogP contribution in [0.3, 0.4) is 0 Å². The molecule has 1 aromatic carbocycles. The van der Waals surface area contributed by atoms with E-state index in [2.05, 4.69) is 50.5 Å². The van der Waals surface area contributed by atoms with Crippen molar-refractivity contribution in [1.82, 2.24) is 20.1 Å². The number of aryl methyl sites for hydroxylation is 1. The van der Waals surface area contributed by atoms with E-state index in [4.69, 9.17) is 0 Å². The maximum absolute atomic E-state index is 4.10. The van der Waals surface area contributed by atoms with Gasteiger partial charge in [0.2, 0.25) is 0 Å². The molecule has 0 bridgehead atoms. The molecule has 18 heavy (non-hydrogen) atoms. The number of hydrogen-bond acceptors (Lipinski definition) is 4. The van der Waals surface area contributed by atoms with Gasteiger partial charge in [-0.05, 0) is 42.1 Å². The minimum atomic E-state index is 0.857. The van der Waals surface area contributed by atoms with Crippen molar-refractivity contribution in [3.63, 3.8) is 0 Å². The van der Waals surface area contributed by atoms with E-state index in [1.165, 1.54) is 10.5 Å². The van der Waals surface area contributed by atoms with Gasteiger partial charge in [0.05, 0.1) is 0 Å². The summed E-state index contributed by atoms with van der Waals surface area (Å²) in [6.45, 7) is 3.92. The summed E-state index contributed by atoms with van der Waals surface area (Å²) in [5.74, 6) is 0. The summed E-state index contributed by atoms with van der Waals surface area (Å²) in [5, 5.41) is 12.2. The van der Waals surface area contributed by atoms with Gasteiger partial charge < -0.3 is 9.88 Å². The molecule has 1 heterocycles. The maximum Gasteiger partial charge on any atom is 0.195 e. The molecule has 0 unspecified atom stereocenters. The van der Waals surface area contributed by atoms with Gasteiger partial charge in [-0.2, -0.15) is 0 Å². The molecule has 4 nitrogen and oxygen atoms in total. The molecule has 2 rings (SSSR count). The first kappa shape index (κ1) is 13.6. The second kappa shape index (κ2) is 6.36. The molecule has 0 radical (unpaired) electrons. The van der Waals surface area contributed by atoms with Crippen LogP contribution in [-0.2, 0) is 13.6 Å². The Balaban J connectivity index is 2.23. The third kappa shape index (κ3) is 3.34. The van der Waals surface area contributed by atoms with E-state index in [0.717, 1.165) is 22.7 Å². The van der Waals surface area contributed by atoms with Gasteiger partial charge in [-0.1, -0.05) is 22.9 Å². The van der Waals surface area contributed by atoms with Gasteiger partial charge in [-0.3, -0.25) is 0 Å². The summed E-state index contributed by atoms with van der Waals surface area (Å²) < 4.78 is 3.02. The molecule has 0 amide bonds. The van der Waals surface area contributed by atoms with Crippen molar-refractivity contribution in [3.8, 4) is 0 Å². The van der Waals surface area contributed by atoms with Crippen molar-refractivity contribution >= 4 is 27.7 Å². The highest BCUT2D eigenvalue weighted by Crippen LogP contribution is 2.30. The number of aromatic nitrogens is 3. The number of benzene rings is 1. The Labute approximate surface area is 119 Å². The summed E-state index contributed by atoms with van der Waals surface area (Å²) in [6.07, 6.45) is 1.71. The lowest BCUT2D eigenvalue weighted by molar-refractivity contribution is 0.716. The van der Waals surface area contributed by atoms with Crippen molar-refractivity contribution in [2.24, 2.45) is 7.05 Å². The van der Waals surface area contributed by atoms with Crippen LogP contribution in [0.25, 0.3) is 0 Å². The van der Waals surface area contributed by atoms with E-state index in [1.807, 2.05) is 17.7 Å². The molecule has 1 N–H and O–H groups in total. The molecular formula is C12H15BrN4S. The van der Waals surface area contributed by atoms with Crippen molar-refractivity contribution < 1.29 is 0 Å². The van der Waals surface area contributed by atoms with Crippen molar-refractivity contribution in [2.45, 2.75) is 23.5 Å². The molecule has 1 aromatic heterocycles. The second-order valence-corrected chi connectivity index (χ2v) is 5.78. The van der Waals surface area contributed by atoms with E-state index < -0.39 is 0 Å². The van der Waals surface area contributed by atoms with Crippen LogP contribution in [0, 0.1) is 0 Å². The molecule has 0 spiro atoms. The fourth-order valence-electron chi connectivity index (χ4n) is 1.51. The number of nitrogens with one attached hydrogen (secondary N) is 1. The van der Waals surface area contributed by atoms with Crippen LogP contribution in [0.15, 0.2) is 39.1 Å². The summed E-state index contributed by atoms with van der Waals surface area (Å²) >= 11 is 5.15. The predicted octanol–water partition coefficient (Wildman–Crippen LogP) is 2.84. The predicted molar refractivity (Wildman–Crippen MR) is 76.6 cm³/mol. The largest absolute Gasteiger partial charge is 0.313 e. The summed E-state index contributed by atoms with van der Waals surface area (Å²) in [4.78, 5) is 1.20. The first-order chi connectivity index (χ1) is 8.70. The lowest BCUT2D eigenvalue weighted by Gasteiger charge is -2.09. The Morgan fingerprint density at radius 3 is 2.94 bits per heavy atom. The van der Waals surface area contributed by atoms with Crippen LogP contribution in [0.4, 0.5) is 0 Å². The average Bonchev–Trinajstić information content (AvgIpc) is 2.75. The Hall–Kier alpha value is -0.850. The van der Waals surface area contributed by atoms with Gasteiger partial charge >= 0.3 is 0 Å². The van der Waals surface area contributed by atoms with Gasteiger partial charge in [0.25, 0.3) is 0 Å². The third-order valence-electron chi connectivity index (χ3n) is 2.46. The molecule has 0 saturated carbocycles. The molecule has 0 aliphatic rings. The van der Waals surface area contributed by atoms with Gasteiger partial charge in [-0.25, -0.2) is 0 Å². The third-order valence-corrected chi connectivity index (χ3v) is 4.12. The van der Waals surface area contributed by atoms with Crippen LogP contribution in [-0.4, -0.2) is 21.3 Å². The highest BCUT2D eigenvalue weighted by atomic mass is 79.9. The maximum atomic E-state index is 4.10. The number of hydrogen-bond donors (Lipinski definition) is 1. The van der Waals surface area contributed by atoms with Gasteiger partial charge in [0, 0.05) is 23.0 Å². The van der Waals surface area contributed by atoms with Crippen molar-refractivity contribution in [2.75, 3.05) is 6.54 Å². The molecule has 0 aliphatic heterocycles. The zero-order chi connectivity index (χ0) is 13.0. The quantitative estimate of drug-likeness (QED) is 0.917. The Bertz CT molecular complexity index is 527. The van der Waals surface area contributed by atoms with E-state index in [9.17, 15) is 0 Å². The van der Waals surface area contributed by atoms with E-state index in [0.29, 0.717) is 0 Å². The Morgan fingerprint density at radius 2 is 2.28 bits per heavy atom. The van der Waals surface area contributed by atoms with Crippen LogP contribution < -0.4 is 5.32 Å². The summed E-state index contributed by atoms with van der Waals surface area (Å²) in [5.41, 5.74) is 1.26. The summed E-state index contributed by atoms with van der Waals surface area (Å²) in [7, 11) is 1.95. The monoisotopic (exact) mass is 326 g/mol. The lowest BCUT2D eigenvalue weighted by Crippen LogP contribution is -2.12. The van der Waals surface area contributed by atoms with E-state index >= 15 is 0 Å². The molecule has 0 saturated heterocycles. The fourth-order valence-corrected chi connectivity index (χ4v) is 2.79. The minimum Gasteiger partial charge on any atom is -0.313 e. The Kier molecular flexibility index (Phi) is 4.79. The highest BCUT2D eigenvalue weighted by Gasteiger charge is 2.08. The van der Waals surface area contributed by atoms with Crippen LogP contribution >= 0.6 is 27.7 Å². The lowest BCUT2D eigenvalue weighted by atomic mass is 10.2. The highest BCUT2D eigenvalue weighted by molar-refractivity contribution is 9.10. The van der Waals surface area contributed by atoms with Crippen LogP contribution in [0.1, 0.15) is 12.5 Å². The summed E-state index contributed by atoms with van der Waals surface area (Å²) in [6, 6.07) is 6.30. The van der Waals surface area contributed by atoms with Crippen LogP contribution in [0.2, 0.25) is 0 Å². The zero-order valence-electron chi connectivity index (χ0n) is 10.4. The van der Waals surface area contributed by atoms with Gasteiger partial charge in [0.1, 0.15) is 6.33 Å². The molecule has 96 valence electrons. The molecule has 0 atom stereocenters. The van der Waals surface area contributed by atoms with Gasteiger partial charge in [0.15, 0.2) is 5.16 Å². The Morgan fingerprint density at radius 1 is 1.44 bits per heavy atom. The first-order valence-corrected chi connectivity index (χ1v) is 7.32. The zero-order valence-corrected chi connectivity index (χ0v) is 12.8. The average molecular weight is 327 g/mol. The van der Waals surface area contributed by atoms with E-state index in [-0.39, 0.29) is 0 Å². The molecule has 0 fully saturated rings. The number of rotatable bonds is 5. The molecule has 6 heteroatoms. The smallest absolute Gasteiger partial charge is 0.195 e. The normalized spacial score (nSPS) is 10.8. The molecule has 0 aliphatic carbocycles. The first-order valence-electron chi connectivity index (χ1n) is 5.71. The van der Waals surface area contributed by atoms with E-state index in [1.54, 1.807) is 18.1 Å². The SMILES string of the molecule is CCNCc1cc(Br)ccc1Sc1nncn1C. The number of halogens is 1. The van der Waals surface area contributed by atoms with Gasteiger partial charge in [-0.15, -0.1) is 10.2 Å². The van der Waals surface area contributed by atoms with Crippen molar-refractivity contribution in [1.29, 1.82) is 0 Å². The minimum absolute atomic E-state index is 0.857. The topological polar surface area (TPSA) is 42.7 Å².